The van der Waals surface area contributed by atoms with Crippen molar-refractivity contribution in [3.8, 4) is 0 Å². The van der Waals surface area contributed by atoms with Crippen molar-refractivity contribution in [2.45, 2.75) is 11.7 Å². The molecule has 138 valence electrons. The Morgan fingerprint density at radius 2 is 2.15 bits per heavy atom. The lowest BCUT2D eigenvalue weighted by atomic mass is 10.2. The highest BCUT2D eigenvalue weighted by molar-refractivity contribution is 8.14. The largest absolute Gasteiger partial charge is 0.478 e. The Kier molecular flexibility index (Phi) is 5.36. The highest BCUT2D eigenvalue weighted by Gasteiger charge is 2.40. The molecule has 1 aromatic carbocycles. The number of aromatic carboxylic acids is 1. The summed E-state index contributed by atoms with van der Waals surface area (Å²) in [5.74, 6) is -1.58. The van der Waals surface area contributed by atoms with Crippen LogP contribution < -0.4 is 10.6 Å². The van der Waals surface area contributed by atoms with Gasteiger partial charge in [0.2, 0.25) is 11.8 Å². The number of nitrogens with zero attached hydrogens (tertiary/aromatic N) is 3. The van der Waals surface area contributed by atoms with Gasteiger partial charge in [0.1, 0.15) is 11.0 Å². The Balaban J connectivity index is 1.70. The number of carboxylic acid groups (broad SMARTS) is 1. The van der Waals surface area contributed by atoms with E-state index < -0.39 is 23.0 Å². The molecule has 0 aliphatic carbocycles. The number of hydrogen-bond acceptors (Lipinski definition) is 7. The van der Waals surface area contributed by atoms with Crippen molar-refractivity contribution < 1.29 is 23.9 Å². The molecule has 0 bridgehead atoms. The van der Waals surface area contributed by atoms with Gasteiger partial charge in [0.15, 0.2) is 5.17 Å². The molecule has 3 rings (SSSR count). The molecule has 2 aromatic rings. The van der Waals surface area contributed by atoms with Gasteiger partial charge in [-0.3, -0.25) is 9.59 Å². The number of amidine groups is 1. The number of furan rings is 1. The third-order valence-corrected chi connectivity index (χ3v) is 4.58. The number of thioether (sulfide) groups is 1. The van der Waals surface area contributed by atoms with E-state index in [0.29, 0.717) is 5.76 Å². The highest BCUT2D eigenvalue weighted by Crippen LogP contribution is 2.30. The summed E-state index contributed by atoms with van der Waals surface area (Å²) in [5.41, 5.74) is 5.95. The van der Waals surface area contributed by atoms with Gasteiger partial charge in [-0.05, 0) is 30.3 Å². The lowest BCUT2D eigenvalue weighted by Crippen LogP contribution is -2.32. The maximum atomic E-state index is 12.6. The molecule has 1 aliphatic heterocycles. The average Bonchev–Trinajstić information content (AvgIpc) is 3.23. The molecular weight excluding hydrogens is 372 g/mol. The van der Waals surface area contributed by atoms with Crippen molar-refractivity contribution in [2.24, 2.45) is 15.9 Å². The van der Waals surface area contributed by atoms with Crippen LogP contribution in [0.2, 0.25) is 0 Å². The van der Waals surface area contributed by atoms with Gasteiger partial charge in [-0.2, -0.15) is 5.10 Å². The first-order valence-corrected chi connectivity index (χ1v) is 8.60. The predicted molar refractivity (Wildman–Crippen MR) is 99.8 cm³/mol. The van der Waals surface area contributed by atoms with Gasteiger partial charge in [-0.25, -0.2) is 9.69 Å². The summed E-state index contributed by atoms with van der Waals surface area (Å²) in [6, 6.07) is 9.00. The van der Waals surface area contributed by atoms with Crippen LogP contribution in [-0.2, 0) is 9.59 Å². The lowest BCUT2D eigenvalue weighted by Gasteiger charge is -2.15. The highest BCUT2D eigenvalue weighted by atomic mass is 32.2. The minimum atomic E-state index is -1.15. The van der Waals surface area contributed by atoms with Gasteiger partial charge in [-0.1, -0.05) is 17.8 Å². The Hall–Kier alpha value is -3.40. The Morgan fingerprint density at radius 3 is 2.85 bits per heavy atom. The van der Waals surface area contributed by atoms with Crippen molar-refractivity contribution in [1.82, 2.24) is 0 Å². The number of carbonyl (C=O) groups is 3. The summed E-state index contributed by atoms with van der Waals surface area (Å²) in [6.07, 6.45) is 2.78. The third-order valence-electron chi connectivity index (χ3n) is 3.60. The quantitative estimate of drug-likeness (QED) is 0.345. The fourth-order valence-corrected chi connectivity index (χ4v) is 3.24. The molecule has 0 saturated carbocycles. The topological polar surface area (TPSA) is 139 Å². The van der Waals surface area contributed by atoms with Gasteiger partial charge in [0.25, 0.3) is 0 Å². The van der Waals surface area contributed by atoms with E-state index >= 15 is 0 Å². The molecule has 0 unspecified atom stereocenters. The van der Waals surface area contributed by atoms with Crippen LogP contribution >= 0.6 is 11.8 Å². The standard InChI is InChI=1S/C17H14N4O5S/c18-17(20-19-9-12-5-2-6-26-12)27-13-8-14(22)21(15(13)23)11-4-1-3-10(7-11)16(24)25/h1-7,9,13H,8H2,(H2,18,20)(H,24,25)/b19-9-/t13-/m1/s1. The number of carbonyl (C=O) groups excluding carboxylic acids is 2. The summed E-state index contributed by atoms with van der Waals surface area (Å²) >= 11 is 0.920. The fraction of sp³-hybridized carbons (Fsp3) is 0.118. The summed E-state index contributed by atoms with van der Waals surface area (Å²) in [5, 5.41) is 15.8. The number of carboxylic acids is 1. The molecule has 0 spiro atoms. The smallest absolute Gasteiger partial charge is 0.335 e. The first-order chi connectivity index (χ1) is 13.0. The van der Waals surface area contributed by atoms with Crippen molar-refractivity contribution in [3.05, 3.63) is 54.0 Å². The van der Waals surface area contributed by atoms with E-state index in [1.54, 1.807) is 12.1 Å². The van der Waals surface area contributed by atoms with Gasteiger partial charge in [0, 0.05) is 6.42 Å². The van der Waals surface area contributed by atoms with Crippen LogP contribution in [0.4, 0.5) is 5.69 Å². The minimum Gasteiger partial charge on any atom is -0.478 e. The zero-order chi connectivity index (χ0) is 19.4. The average molecular weight is 386 g/mol. The van der Waals surface area contributed by atoms with Crippen LogP contribution in [-0.4, -0.2) is 39.5 Å². The van der Waals surface area contributed by atoms with E-state index in [-0.39, 0.29) is 22.8 Å². The molecular formula is C17H14N4O5S. The van der Waals surface area contributed by atoms with Crippen LogP contribution in [0.1, 0.15) is 22.5 Å². The predicted octanol–water partition coefficient (Wildman–Crippen LogP) is 1.69. The van der Waals surface area contributed by atoms with E-state index in [2.05, 4.69) is 10.2 Å². The molecule has 9 nitrogen and oxygen atoms in total. The third kappa shape index (κ3) is 4.23. The molecule has 0 radical (unpaired) electrons. The molecule has 1 saturated heterocycles. The fourth-order valence-electron chi connectivity index (χ4n) is 2.42. The molecule has 10 heteroatoms. The normalized spacial score (nSPS) is 17.9. The molecule has 1 aromatic heterocycles. The van der Waals surface area contributed by atoms with Crippen molar-refractivity contribution in [3.63, 3.8) is 0 Å². The summed E-state index contributed by atoms with van der Waals surface area (Å²) in [7, 11) is 0. The minimum absolute atomic E-state index is 0.0162. The van der Waals surface area contributed by atoms with Crippen LogP contribution in [0.25, 0.3) is 0 Å². The van der Waals surface area contributed by atoms with Gasteiger partial charge in [-0.15, -0.1) is 5.10 Å². The Labute approximate surface area is 157 Å². The zero-order valence-corrected chi connectivity index (χ0v) is 14.6. The van der Waals surface area contributed by atoms with Crippen LogP contribution in [0.5, 0.6) is 0 Å². The molecule has 1 atom stereocenters. The van der Waals surface area contributed by atoms with E-state index in [9.17, 15) is 14.4 Å². The van der Waals surface area contributed by atoms with Crippen molar-refractivity contribution in [2.75, 3.05) is 4.90 Å². The maximum Gasteiger partial charge on any atom is 0.335 e. The SMILES string of the molecule is NC(=N/N=C\c1ccco1)S[C@@H]1CC(=O)N(c2cccc(C(=O)O)c2)C1=O. The Bertz CT molecular complexity index is 939. The second-order valence-electron chi connectivity index (χ2n) is 5.43. The number of amides is 2. The molecule has 3 N–H and O–H groups in total. The van der Waals surface area contributed by atoms with E-state index in [0.717, 1.165) is 16.7 Å². The number of imide groups is 1. The second kappa shape index (κ2) is 7.87. The second-order valence-corrected chi connectivity index (χ2v) is 6.65. The van der Waals surface area contributed by atoms with E-state index in [1.807, 2.05) is 0 Å². The lowest BCUT2D eigenvalue weighted by molar-refractivity contribution is -0.121. The molecule has 1 aliphatic rings. The van der Waals surface area contributed by atoms with E-state index in [1.165, 1.54) is 36.7 Å². The van der Waals surface area contributed by atoms with Crippen LogP contribution in [0.15, 0.2) is 57.3 Å². The summed E-state index contributed by atoms with van der Waals surface area (Å²) < 4.78 is 5.06. The molecule has 1 fully saturated rings. The summed E-state index contributed by atoms with van der Waals surface area (Å²) in [4.78, 5) is 36.9. The maximum absolute atomic E-state index is 12.6. The van der Waals surface area contributed by atoms with Crippen molar-refractivity contribution >= 4 is 46.6 Å². The summed E-state index contributed by atoms with van der Waals surface area (Å²) in [6.45, 7) is 0. The van der Waals surface area contributed by atoms with E-state index in [4.69, 9.17) is 15.3 Å². The van der Waals surface area contributed by atoms with Crippen LogP contribution in [0, 0.1) is 0 Å². The zero-order valence-electron chi connectivity index (χ0n) is 13.8. The first-order valence-electron chi connectivity index (χ1n) is 7.72. The number of rotatable bonds is 5. The Morgan fingerprint density at radius 1 is 1.33 bits per heavy atom. The van der Waals surface area contributed by atoms with Gasteiger partial charge < -0.3 is 15.3 Å². The van der Waals surface area contributed by atoms with Gasteiger partial charge in [0.05, 0.1) is 23.7 Å². The van der Waals surface area contributed by atoms with Gasteiger partial charge >= 0.3 is 5.97 Å². The number of anilines is 1. The number of nitrogens with two attached hydrogens (primary N) is 1. The number of hydrogen-bond donors (Lipinski definition) is 2. The van der Waals surface area contributed by atoms with Crippen molar-refractivity contribution in [1.29, 1.82) is 0 Å². The molecule has 2 amide bonds. The monoisotopic (exact) mass is 386 g/mol. The molecule has 2 heterocycles. The molecule has 27 heavy (non-hydrogen) atoms. The number of benzene rings is 1. The first kappa shape index (κ1) is 18.4. The van der Waals surface area contributed by atoms with Crippen LogP contribution in [0.3, 0.4) is 0 Å².